The highest BCUT2D eigenvalue weighted by Gasteiger charge is 2.23. The summed E-state index contributed by atoms with van der Waals surface area (Å²) < 4.78 is 5.25. The third kappa shape index (κ3) is 3.37. The van der Waals surface area contributed by atoms with Crippen molar-refractivity contribution in [2.45, 2.75) is 26.3 Å². The first kappa shape index (κ1) is 15.0. The summed E-state index contributed by atoms with van der Waals surface area (Å²) in [4.78, 5) is 22.3. The predicted octanol–water partition coefficient (Wildman–Crippen LogP) is 1.35. The molecule has 2 rings (SSSR count). The summed E-state index contributed by atoms with van der Waals surface area (Å²) in [5, 5.41) is 3.56. The van der Waals surface area contributed by atoms with Gasteiger partial charge in [-0.25, -0.2) is 9.97 Å². The molecule has 2 heterocycles. The van der Waals surface area contributed by atoms with E-state index in [9.17, 15) is 4.79 Å². The molecule has 0 radical (unpaired) electrons. The van der Waals surface area contributed by atoms with Gasteiger partial charge in [0, 0.05) is 18.7 Å². The Hall–Kier alpha value is -1.40. The molecule has 0 saturated carbocycles. The quantitative estimate of drug-likeness (QED) is 0.850. The fraction of sp³-hybridized carbons (Fsp3) is 0.615. The molecule has 1 aliphatic rings. The first-order valence-electron chi connectivity index (χ1n) is 6.76. The van der Waals surface area contributed by atoms with E-state index in [4.69, 9.17) is 16.3 Å². The van der Waals surface area contributed by atoms with Crippen LogP contribution in [0.2, 0.25) is 5.15 Å². The van der Waals surface area contributed by atoms with Gasteiger partial charge in [-0.05, 0) is 13.3 Å². The molecule has 1 unspecified atom stereocenters. The molecule has 1 atom stereocenters. The number of hydrogen-bond acceptors (Lipinski definition) is 5. The number of carbonyl (C=O) groups is 1. The minimum atomic E-state index is -0.357. The normalized spacial score (nSPS) is 16.9. The molecule has 1 amide bonds. The average Bonchev–Trinajstić information content (AvgIpc) is 2.47. The van der Waals surface area contributed by atoms with Crippen LogP contribution in [0, 0.1) is 0 Å². The molecule has 1 fully saturated rings. The van der Waals surface area contributed by atoms with Crippen molar-refractivity contribution in [2.24, 2.45) is 0 Å². The summed E-state index contributed by atoms with van der Waals surface area (Å²) in [5.74, 6) is 0.673. The van der Waals surface area contributed by atoms with E-state index in [1.54, 1.807) is 4.90 Å². The van der Waals surface area contributed by atoms with Crippen LogP contribution in [0.4, 0.5) is 5.82 Å². The molecule has 1 saturated heterocycles. The number of hydrogen-bond donors (Lipinski definition) is 1. The second-order valence-corrected chi connectivity index (χ2v) is 5.01. The number of nitrogens with zero attached hydrogens (tertiary/aromatic N) is 3. The Morgan fingerprint density at radius 3 is 2.85 bits per heavy atom. The SMILES string of the molecule is CCc1c(Cl)ncnc1NC(C)C(=O)N1CCOCC1. The number of aromatic nitrogens is 2. The van der Waals surface area contributed by atoms with Crippen LogP contribution in [-0.4, -0.2) is 53.1 Å². The average molecular weight is 299 g/mol. The molecule has 7 heteroatoms. The lowest BCUT2D eigenvalue weighted by Crippen LogP contribution is -2.47. The van der Waals surface area contributed by atoms with Crippen LogP contribution in [0.5, 0.6) is 0 Å². The zero-order chi connectivity index (χ0) is 14.5. The Kier molecular flexibility index (Phi) is 5.14. The predicted molar refractivity (Wildman–Crippen MR) is 76.9 cm³/mol. The van der Waals surface area contributed by atoms with Gasteiger partial charge < -0.3 is 15.0 Å². The fourth-order valence-electron chi connectivity index (χ4n) is 2.15. The summed E-state index contributed by atoms with van der Waals surface area (Å²) in [6.07, 6.45) is 2.11. The van der Waals surface area contributed by atoms with Crippen molar-refractivity contribution in [2.75, 3.05) is 31.6 Å². The van der Waals surface area contributed by atoms with Crippen molar-refractivity contribution in [3.8, 4) is 0 Å². The molecule has 0 aromatic carbocycles. The van der Waals surface area contributed by atoms with Gasteiger partial charge in [-0.1, -0.05) is 18.5 Å². The largest absolute Gasteiger partial charge is 0.378 e. The maximum Gasteiger partial charge on any atom is 0.244 e. The topological polar surface area (TPSA) is 67.4 Å². The standard InChI is InChI=1S/C13H19ClN4O2/c1-3-10-11(14)15-8-16-12(10)17-9(2)13(19)18-4-6-20-7-5-18/h8-9H,3-7H2,1-2H3,(H,15,16,17). The minimum Gasteiger partial charge on any atom is -0.378 e. The zero-order valence-electron chi connectivity index (χ0n) is 11.7. The van der Waals surface area contributed by atoms with Crippen LogP contribution in [0.3, 0.4) is 0 Å². The van der Waals surface area contributed by atoms with Crippen molar-refractivity contribution in [3.63, 3.8) is 0 Å². The van der Waals surface area contributed by atoms with E-state index in [2.05, 4.69) is 15.3 Å². The Morgan fingerprint density at radius 2 is 2.20 bits per heavy atom. The lowest BCUT2D eigenvalue weighted by molar-refractivity contribution is -0.135. The maximum absolute atomic E-state index is 12.3. The summed E-state index contributed by atoms with van der Waals surface area (Å²) >= 11 is 6.04. The van der Waals surface area contributed by atoms with Crippen LogP contribution in [0.15, 0.2) is 6.33 Å². The van der Waals surface area contributed by atoms with Crippen LogP contribution < -0.4 is 5.32 Å². The van der Waals surface area contributed by atoms with Gasteiger partial charge in [-0.3, -0.25) is 4.79 Å². The molecule has 1 aliphatic heterocycles. The van der Waals surface area contributed by atoms with Gasteiger partial charge in [0.05, 0.1) is 13.2 Å². The third-order valence-electron chi connectivity index (χ3n) is 3.29. The Bertz CT molecular complexity index is 477. The van der Waals surface area contributed by atoms with Crippen LogP contribution >= 0.6 is 11.6 Å². The lowest BCUT2D eigenvalue weighted by Gasteiger charge is -2.29. The minimum absolute atomic E-state index is 0.0464. The van der Waals surface area contributed by atoms with Gasteiger partial charge in [-0.15, -0.1) is 0 Å². The molecule has 20 heavy (non-hydrogen) atoms. The smallest absolute Gasteiger partial charge is 0.244 e. The summed E-state index contributed by atoms with van der Waals surface area (Å²) in [6.45, 7) is 6.26. The Morgan fingerprint density at radius 1 is 1.50 bits per heavy atom. The van der Waals surface area contributed by atoms with Crippen molar-refractivity contribution >= 4 is 23.3 Å². The van der Waals surface area contributed by atoms with Crippen molar-refractivity contribution in [1.82, 2.24) is 14.9 Å². The highest BCUT2D eigenvalue weighted by molar-refractivity contribution is 6.30. The van der Waals surface area contributed by atoms with E-state index in [0.717, 1.165) is 5.56 Å². The number of carbonyl (C=O) groups excluding carboxylic acids is 1. The van der Waals surface area contributed by atoms with E-state index in [1.165, 1.54) is 6.33 Å². The number of amides is 1. The summed E-state index contributed by atoms with van der Waals surface area (Å²) in [7, 11) is 0. The zero-order valence-corrected chi connectivity index (χ0v) is 12.5. The maximum atomic E-state index is 12.3. The van der Waals surface area contributed by atoms with Gasteiger partial charge in [-0.2, -0.15) is 0 Å². The number of anilines is 1. The highest BCUT2D eigenvalue weighted by atomic mass is 35.5. The lowest BCUT2D eigenvalue weighted by atomic mass is 10.2. The van der Waals surface area contributed by atoms with E-state index in [0.29, 0.717) is 43.7 Å². The fourth-order valence-corrected chi connectivity index (χ4v) is 2.42. The first-order valence-corrected chi connectivity index (χ1v) is 7.13. The van der Waals surface area contributed by atoms with E-state index < -0.39 is 0 Å². The van der Waals surface area contributed by atoms with Crippen LogP contribution in [0.1, 0.15) is 19.4 Å². The first-order chi connectivity index (χ1) is 9.63. The molecule has 1 N–H and O–H groups in total. The Balaban J connectivity index is 2.05. The third-order valence-corrected chi connectivity index (χ3v) is 3.62. The van der Waals surface area contributed by atoms with E-state index in [-0.39, 0.29) is 11.9 Å². The number of nitrogens with one attached hydrogen (secondary N) is 1. The highest BCUT2D eigenvalue weighted by Crippen LogP contribution is 2.21. The number of morpholine rings is 1. The van der Waals surface area contributed by atoms with Gasteiger partial charge in [0.15, 0.2) is 0 Å². The number of ether oxygens (including phenoxy) is 1. The summed E-state index contributed by atoms with van der Waals surface area (Å²) in [6, 6.07) is -0.357. The van der Waals surface area contributed by atoms with Gasteiger partial charge in [0.2, 0.25) is 5.91 Å². The van der Waals surface area contributed by atoms with Crippen LogP contribution in [0.25, 0.3) is 0 Å². The molecule has 0 bridgehead atoms. The van der Waals surface area contributed by atoms with Crippen LogP contribution in [-0.2, 0) is 16.0 Å². The van der Waals surface area contributed by atoms with Gasteiger partial charge >= 0.3 is 0 Å². The Labute approximate surface area is 123 Å². The van der Waals surface area contributed by atoms with E-state index >= 15 is 0 Å². The molecule has 110 valence electrons. The molecule has 1 aromatic rings. The second kappa shape index (κ2) is 6.85. The molecule has 0 spiro atoms. The molecular formula is C13H19ClN4O2. The van der Waals surface area contributed by atoms with Crippen molar-refractivity contribution < 1.29 is 9.53 Å². The number of halogens is 1. The molecular weight excluding hydrogens is 280 g/mol. The van der Waals surface area contributed by atoms with Gasteiger partial charge in [0.1, 0.15) is 23.3 Å². The second-order valence-electron chi connectivity index (χ2n) is 4.65. The molecule has 6 nitrogen and oxygen atoms in total. The van der Waals surface area contributed by atoms with Crippen molar-refractivity contribution in [1.29, 1.82) is 0 Å². The molecule has 1 aromatic heterocycles. The molecule has 0 aliphatic carbocycles. The van der Waals surface area contributed by atoms with Crippen molar-refractivity contribution in [3.05, 3.63) is 17.0 Å². The van der Waals surface area contributed by atoms with Gasteiger partial charge in [0.25, 0.3) is 0 Å². The number of rotatable bonds is 4. The monoisotopic (exact) mass is 298 g/mol. The van der Waals surface area contributed by atoms with E-state index in [1.807, 2.05) is 13.8 Å². The summed E-state index contributed by atoms with van der Waals surface area (Å²) in [5.41, 5.74) is 0.829.